The largest absolute Gasteiger partial charge is 0.383 e. The third-order valence-electron chi connectivity index (χ3n) is 4.35. The number of carbonyl (C=O) groups is 1. The third kappa shape index (κ3) is 6.20. The number of hydrogen-bond donors (Lipinski definition) is 3. The van der Waals surface area contributed by atoms with E-state index in [0.29, 0.717) is 31.8 Å². The Bertz CT molecular complexity index is 1100. The molecule has 0 saturated heterocycles. The third-order valence-corrected chi connectivity index (χ3v) is 5.52. The van der Waals surface area contributed by atoms with E-state index in [-0.39, 0.29) is 10.9 Å². The molecule has 3 rings (SSSR count). The molecule has 0 saturated carbocycles. The van der Waals surface area contributed by atoms with Crippen LogP contribution in [0.15, 0.2) is 71.7 Å². The molecular formula is C22H17Cl4N3O2. The number of nitrogens with one attached hydrogen (secondary N) is 1. The second-order valence-corrected chi connectivity index (χ2v) is 8.27. The number of halogens is 4. The average molecular weight is 497 g/mol. The van der Waals surface area contributed by atoms with Gasteiger partial charge in [0, 0.05) is 15.6 Å². The molecule has 1 amide bonds. The van der Waals surface area contributed by atoms with Crippen molar-refractivity contribution in [1.29, 1.82) is 0 Å². The van der Waals surface area contributed by atoms with Crippen LogP contribution in [0.2, 0.25) is 20.1 Å². The minimum absolute atomic E-state index is 0.0396. The van der Waals surface area contributed by atoms with Crippen LogP contribution in [-0.4, -0.2) is 16.8 Å². The monoisotopic (exact) mass is 495 g/mol. The summed E-state index contributed by atoms with van der Waals surface area (Å²) in [4.78, 5) is 17.1. The van der Waals surface area contributed by atoms with Gasteiger partial charge in [-0.2, -0.15) is 4.99 Å². The fraction of sp³-hybridized carbons (Fsp3) is 0.0909. The zero-order valence-electron chi connectivity index (χ0n) is 15.9. The first-order chi connectivity index (χ1) is 14.7. The van der Waals surface area contributed by atoms with Gasteiger partial charge in [-0.3, -0.25) is 10.1 Å². The van der Waals surface area contributed by atoms with Crippen molar-refractivity contribution in [3.8, 4) is 0 Å². The summed E-state index contributed by atoms with van der Waals surface area (Å²) in [5.41, 5.74) is 7.40. The highest BCUT2D eigenvalue weighted by molar-refractivity contribution is 6.42. The Morgan fingerprint density at radius 2 is 1.52 bits per heavy atom. The summed E-state index contributed by atoms with van der Waals surface area (Å²) in [5.74, 6) is -0.593. The molecule has 0 bridgehead atoms. The minimum atomic E-state index is -1.28. The number of rotatable bonds is 6. The van der Waals surface area contributed by atoms with Crippen LogP contribution in [0.25, 0.3) is 0 Å². The Morgan fingerprint density at radius 3 is 2.13 bits per heavy atom. The van der Waals surface area contributed by atoms with E-state index >= 15 is 0 Å². The summed E-state index contributed by atoms with van der Waals surface area (Å²) < 4.78 is 0. The van der Waals surface area contributed by atoms with Crippen molar-refractivity contribution in [2.24, 2.45) is 10.7 Å². The maximum atomic E-state index is 13.1. The molecule has 160 valence electrons. The standard InChI is InChI=1S/C22H17Cl4N3O2/c23-15-8-14(9-16(24)11-15)21(30)28-19(13-6-7-17(25)18(26)10-13)22(31)29-20(27)12-4-2-1-3-5-12/h1-11,19,21,28,30H,(H2,27,29,31). The SMILES string of the molecule is NC(=NC(=O)C(NC(O)c1cc(Cl)cc(Cl)c1)c1ccc(Cl)c(Cl)c1)c1ccccc1. The predicted molar refractivity (Wildman–Crippen MR) is 126 cm³/mol. The lowest BCUT2D eigenvalue weighted by Gasteiger charge is -2.21. The highest BCUT2D eigenvalue weighted by Crippen LogP contribution is 2.29. The lowest BCUT2D eigenvalue weighted by atomic mass is 10.0. The van der Waals surface area contributed by atoms with Gasteiger partial charge in [-0.1, -0.05) is 82.8 Å². The molecule has 2 unspecified atom stereocenters. The van der Waals surface area contributed by atoms with Gasteiger partial charge >= 0.3 is 0 Å². The number of carbonyl (C=O) groups excluding carboxylic acids is 1. The number of nitrogens with zero attached hydrogens (tertiary/aromatic N) is 1. The Kier molecular flexibility index (Phi) is 7.94. The van der Waals surface area contributed by atoms with Crippen LogP contribution >= 0.6 is 46.4 Å². The summed E-state index contributed by atoms with van der Waals surface area (Å²) in [6.45, 7) is 0. The van der Waals surface area contributed by atoms with Crippen LogP contribution in [0.1, 0.15) is 29.0 Å². The smallest absolute Gasteiger partial charge is 0.269 e. The van der Waals surface area contributed by atoms with Crippen LogP contribution < -0.4 is 11.1 Å². The minimum Gasteiger partial charge on any atom is -0.383 e. The molecule has 2 atom stereocenters. The molecule has 0 aliphatic heterocycles. The van der Waals surface area contributed by atoms with Crippen molar-refractivity contribution < 1.29 is 9.90 Å². The van der Waals surface area contributed by atoms with Crippen molar-refractivity contribution in [1.82, 2.24) is 5.32 Å². The van der Waals surface area contributed by atoms with Gasteiger partial charge in [-0.05, 0) is 41.5 Å². The number of hydrogen-bond acceptors (Lipinski definition) is 3. The highest BCUT2D eigenvalue weighted by Gasteiger charge is 2.25. The molecule has 3 aromatic carbocycles. The van der Waals surface area contributed by atoms with E-state index in [0.717, 1.165) is 0 Å². The number of nitrogens with two attached hydrogens (primary N) is 1. The Balaban J connectivity index is 1.96. The van der Waals surface area contributed by atoms with E-state index in [9.17, 15) is 9.90 Å². The molecule has 0 fully saturated rings. The van der Waals surface area contributed by atoms with Gasteiger partial charge in [0.25, 0.3) is 5.91 Å². The van der Waals surface area contributed by atoms with Crippen LogP contribution in [0.3, 0.4) is 0 Å². The second kappa shape index (κ2) is 10.5. The van der Waals surface area contributed by atoms with Gasteiger partial charge in [-0.15, -0.1) is 0 Å². The molecule has 5 nitrogen and oxygen atoms in total. The van der Waals surface area contributed by atoms with E-state index in [1.54, 1.807) is 36.4 Å². The summed E-state index contributed by atoms with van der Waals surface area (Å²) in [6, 6.07) is 17.0. The quantitative estimate of drug-likeness (QED) is 0.237. The van der Waals surface area contributed by atoms with Crippen LogP contribution in [0.5, 0.6) is 0 Å². The van der Waals surface area contributed by atoms with Crippen LogP contribution in [0, 0.1) is 0 Å². The van der Waals surface area contributed by atoms with E-state index < -0.39 is 18.2 Å². The number of aliphatic imine (C=N–C) groups is 1. The molecule has 9 heteroatoms. The van der Waals surface area contributed by atoms with Crippen molar-refractivity contribution in [3.05, 3.63) is 104 Å². The van der Waals surface area contributed by atoms with E-state index in [4.69, 9.17) is 52.1 Å². The zero-order chi connectivity index (χ0) is 22.5. The van der Waals surface area contributed by atoms with Gasteiger partial charge in [0.15, 0.2) is 0 Å². The molecule has 0 aliphatic rings. The van der Waals surface area contributed by atoms with Gasteiger partial charge in [0.2, 0.25) is 0 Å². The Morgan fingerprint density at radius 1 is 0.871 bits per heavy atom. The Hall–Kier alpha value is -2.12. The summed E-state index contributed by atoms with van der Waals surface area (Å²) in [7, 11) is 0. The van der Waals surface area contributed by atoms with Gasteiger partial charge in [-0.25, -0.2) is 0 Å². The van der Waals surface area contributed by atoms with Crippen molar-refractivity contribution in [3.63, 3.8) is 0 Å². The molecule has 0 heterocycles. The fourth-order valence-corrected chi connectivity index (χ4v) is 3.70. The lowest BCUT2D eigenvalue weighted by molar-refractivity contribution is -0.120. The number of benzene rings is 3. The summed E-state index contributed by atoms with van der Waals surface area (Å²) in [5, 5.41) is 14.8. The van der Waals surface area contributed by atoms with E-state index in [2.05, 4.69) is 10.3 Å². The van der Waals surface area contributed by atoms with Gasteiger partial charge < -0.3 is 10.8 Å². The average Bonchev–Trinajstić information content (AvgIpc) is 2.73. The van der Waals surface area contributed by atoms with E-state index in [1.807, 2.05) is 6.07 Å². The summed E-state index contributed by atoms with van der Waals surface area (Å²) in [6.07, 6.45) is -1.28. The number of amides is 1. The zero-order valence-corrected chi connectivity index (χ0v) is 18.9. The molecule has 0 aromatic heterocycles. The number of aliphatic hydroxyl groups is 1. The normalized spacial score (nSPS) is 13.6. The molecule has 3 aromatic rings. The Labute approximate surface area is 199 Å². The first-order valence-corrected chi connectivity index (χ1v) is 10.5. The number of aliphatic hydroxyl groups excluding tert-OH is 1. The van der Waals surface area contributed by atoms with Gasteiger partial charge in [0.05, 0.1) is 10.0 Å². The van der Waals surface area contributed by atoms with Gasteiger partial charge in [0.1, 0.15) is 18.1 Å². The van der Waals surface area contributed by atoms with Crippen molar-refractivity contribution in [2.75, 3.05) is 0 Å². The van der Waals surface area contributed by atoms with E-state index in [1.165, 1.54) is 24.3 Å². The topological polar surface area (TPSA) is 87.7 Å². The lowest BCUT2D eigenvalue weighted by Crippen LogP contribution is -2.32. The molecule has 0 aliphatic carbocycles. The fourth-order valence-electron chi connectivity index (χ4n) is 2.85. The van der Waals surface area contributed by atoms with Crippen LogP contribution in [-0.2, 0) is 4.79 Å². The molecule has 31 heavy (non-hydrogen) atoms. The van der Waals surface area contributed by atoms with Crippen LogP contribution in [0.4, 0.5) is 0 Å². The van der Waals surface area contributed by atoms with Crippen molar-refractivity contribution >= 4 is 58.1 Å². The molecule has 4 N–H and O–H groups in total. The predicted octanol–water partition coefficient (Wildman–Crippen LogP) is 5.55. The number of amidine groups is 1. The molecule has 0 spiro atoms. The maximum Gasteiger partial charge on any atom is 0.269 e. The summed E-state index contributed by atoms with van der Waals surface area (Å²) >= 11 is 24.2. The first-order valence-electron chi connectivity index (χ1n) is 9.03. The first kappa shape index (κ1) is 23.5. The second-order valence-electron chi connectivity index (χ2n) is 6.58. The highest BCUT2D eigenvalue weighted by atomic mass is 35.5. The molecular weight excluding hydrogens is 480 g/mol. The molecule has 0 radical (unpaired) electrons. The maximum absolute atomic E-state index is 13.1. The van der Waals surface area contributed by atoms with Crippen molar-refractivity contribution in [2.45, 2.75) is 12.3 Å².